The van der Waals surface area contributed by atoms with Gasteiger partial charge in [0.05, 0.1) is 0 Å². The van der Waals surface area contributed by atoms with E-state index in [4.69, 9.17) is 0 Å². The fraction of sp³-hybridized carbons (Fsp3) is 0.647. The van der Waals surface area contributed by atoms with Crippen molar-refractivity contribution in [2.24, 2.45) is 5.92 Å². The summed E-state index contributed by atoms with van der Waals surface area (Å²) < 4.78 is 1.21. The maximum absolute atomic E-state index is 3.62. The molecule has 2 aliphatic heterocycles. The molecule has 2 fully saturated rings. The molecule has 0 aliphatic carbocycles. The highest BCUT2D eigenvalue weighted by Gasteiger charge is 2.37. The van der Waals surface area contributed by atoms with Crippen LogP contribution in [0.15, 0.2) is 22.7 Å². The van der Waals surface area contributed by atoms with Crippen LogP contribution in [-0.4, -0.2) is 36.6 Å². The number of hydrogen-bond acceptors (Lipinski definition) is 2. The van der Waals surface area contributed by atoms with Gasteiger partial charge in [0, 0.05) is 35.3 Å². The fourth-order valence-corrected chi connectivity index (χ4v) is 3.97. The van der Waals surface area contributed by atoms with Crippen molar-refractivity contribution in [3.05, 3.63) is 28.2 Å². The lowest BCUT2D eigenvalue weighted by Gasteiger charge is -2.47. The van der Waals surface area contributed by atoms with Gasteiger partial charge in [0.15, 0.2) is 0 Å². The Balaban J connectivity index is 1.89. The van der Waals surface area contributed by atoms with Gasteiger partial charge in [0.25, 0.3) is 0 Å². The molecule has 1 aromatic rings. The Kier molecular flexibility index (Phi) is 4.09. The Bertz CT molecular complexity index is 486. The lowest BCUT2D eigenvalue weighted by Crippen LogP contribution is -2.58. The molecule has 0 spiro atoms. The maximum atomic E-state index is 3.62. The van der Waals surface area contributed by atoms with Gasteiger partial charge in [0.2, 0.25) is 0 Å². The lowest BCUT2D eigenvalue weighted by molar-refractivity contribution is 0.176. The van der Waals surface area contributed by atoms with E-state index in [0.717, 1.165) is 6.04 Å². The van der Waals surface area contributed by atoms with Crippen LogP contribution >= 0.6 is 15.9 Å². The van der Waals surface area contributed by atoms with Gasteiger partial charge < -0.3 is 4.90 Å². The molecule has 1 aromatic carbocycles. The molecular formula is C17H25BrN2. The summed E-state index contributed by atoms with van der Waals surface area (Å²) in [5.41, 5.74) is 2.73. The number of piperazine rings is 1. The minimum Gasteiger partial charge on any atom is -0.365 e. The molecule has 0 radical (unpaired) electrons. The van der Waals surface area contributed by atoms with E-state index in [1.165, 1.54) is 48.2 Å². The number of benzene rings is 1. The van der Waals surface area contributed by atoms with E-state index < -0.39 is 0 Å². The predicted molar refractivity (Wildman–Crippen MR) is 89.4 cm³/mol. The van der Waals surface area contributed by atoms with Crippen LogP contribution < -0.4 is 4.90 Å². The SMILES string of the molecule is Cc1cc(N2CC3CCCN3CC2C(C)C)ccc1Br. The Morgan fingerprint density at radius 3 is 2.75 bits per heavy atom. The second-order valence-corrected chi connectivity index (χ2v) is 7.54. The average Bonchev–Trinajstić information content (AvgIpc) is 2.87. The molecule has 0 N–H and O–H groups in total. The van der Waals surface area contributed by atoms with E-state index >= 15 is 0 Å². The second-order valence-electron chi connectivity index (χ2n) is 6.69. The molecule has 2 aliphatic rings. The molecule has 20 heavy (non-hydrogen) atoms. The normalized spacial score (nSPS) is 27.1. The van der Waals surface area contributed by atoms with E-state index in [-0.39, 0.29) is 0 Å². The molecule has 2 saturated heterocycles. The third-order valence-corrected chi connectivity index (χ3v) is 5.86. The van der Waals surface area contributed by atoms with E-state index in [2.05, 4.69) is 64.7 Å². The van der Waals surface area contributed by atoms with E-state index in [1.807, 2.05) is 0 Å². The van der Waals surface area contributed by atoms with Gasteiger partial charge in [0.1, 0.15) is 0 Å². The van der Waals surface area contributed by atoms with Crippen LogP contribution in [0.3, 0.4) is 0 Å². The number of fused-ring (bicyclic) bond motifs is 1. The minimum atomic E-state index is 0.643. The van der Waals surface area contributed by atoms with E-state index in [9.17, 15) is 0 Å². The highest BCUT2D eigenvalue weighted by Crippen LogP contribution is 2.32. The predicted octanol–water partition coefficient (Wildman–Crippen LogP) is 4.07. The zero-order valence-corrected chi connectivity index (χ0v) is 14.4. The van der Waals surface area contributed by atoms with Gasteiger partial charge in [-0.25, -0.2) is 0 Å². The molecule has 110 valence electrons. The molecular weight excluding hydrogens is 312 g/mol. The number of hydrogen-bond donors (Lipinski definition) is 0. The van der Waals surface area contributed by atoms with Gasteiger partial charge in [-0.1, -0.05) is 29.8 Å². The molecule has 2 atom stereocenters. The first kappa shape index (κ1) is 14.4. The third-order valence-electron chi connectivity index (χ3n) is 4.97. The number of anilines is 1. The summed E-state index contributed by atoms with van der Waals surface area (Å²) in [5, 5.41) is 0. The summed E-state index contributed by atoms with van der Waals surface area (Å²) in [6.45, 7) is 10.6. The van der Waals surface area contributed by atoms with Crippen molar-refractivity contribution in [3.8, 4) is 0 Å². The van der Waals surface area contributed by atoms with Crippen molar-refractivity contribution in [1.82, 2.24) is 4.90 Å². The van der Waals surface area contributed by atoms with Crippen LogP contribution in [0.25, 0.3) is 0 Å². The topological polar surface area (TPSA) is 6.48 Å². The average molecular weight is 337 g/mol. The van der Waals surface area contributed by atoms with E-state index in [1.54, 1.807) is 0 Å². The quantitative estimate of drug-likeness (QED) is 0.803. The van der Waals surface area contributed by atoms with Crippen LogP contribution in [0, 0.1) is 12.8 Å². The zero-order chi connectivity index (χ0) is 14.3. The lowest BCUT2D eigenvalue weighted by atomic mass is 9.96. The largest absolute Gasteiger partial charge is 0.365 e. The molecule has 0 aromatic heterocycles. The van der Waals surface area contributed by atoms with Crippen molar-refractivity contribution in [3.63, 3.8) is 0 Å². The first-order valence-electron chi connectivity index (χ1n) is 7.83. The highest BCUT2D eigenvalue weighted by molar-refractivity contribution is 9.10. The minimum absolute atomic E-state index is 0.643. The summed E-state index contributed by atoms with van der Waals surface area (Å²) in [5.74, 6) is 0.695. The van der Waals surface area contributed by atoms with Gasteiger partial charge in [-0.3, -0.25) is 4.90 Å². The van der Waals surface area contributed by atoms with Crippen LogP contribution in [0.4, 0.5) is 5.69 Å². The number of nitrogens with zero attached hydrogens (tertiary/aromatic N) is 2. The Hall–Kier alpha value is -0.540. The van der Waals surface area contributed by atoms with Crippen molar-refractivity contribution in [1.29, 1.82) is 0 Å². The highest BCUT2D eigenvalue weighted by atomic mass is 79.9. The van der Waals surface area contributed by atoms with Crippen LogP contribution in [0.2, 0.25) is 0 Å². The second kappa shape index (κ2) is 5.69. The van der Waals surface area contributed by atoms with E-state index in [0.29, 0.717) is 12.0 Å². The Morgan fingerprint density at radius 2 is 2.05 bits per heavy atom. The van der Waals surface area contributed by atoms with Crippen LogP contribution in [0.1, 0.15) is 32.3 Å². The van der Waals surface area contributed by atoms with Gasteiger partial charge in [-0.05, 0) is 56.0 Å². The summed E-state index contributed by atoms with van der Waals surface area (Å²) >= 11 is 3.62. The van der Waals surface area contributed by atoms with Crippen molar-refractivity contribution in [2.75, 3.05) is 24.5 Å². The standard InChI is InChI=1S/C17H25BrN2/c1-12(2)17-11-19-8-4-5-15(19)10-20(17)14-6-7-16(18)13(3)9-14/h6-7,9,12,15,17H,4-5,8,10-11H2,1-3H3. The summed E-state index contributed by atoms with van der Waals surface area (Å²) in [7, 11) is 0. The van der Waals surface area contributed by atoms with Crippen molar-refractivity contribution < 1.29 is 0 Å². The first-order chi connectivity index (χ1) is 9.56. The van der Waals surface area contributed by atoms with Crippen LogP contribution in [-0.2, 0) is 0 Å². The fourth-order valence-electron chi connectivity index (χ4n) is 3.72. The third kappa shape index (κ3) is 2.62. The molecule has 3 rings (SSSR count). The van der Waals surface area contributed by atoms with Gasteiger partial charge in [-0.2, -0.15) is 0 Å². The number of halogens is 1. The zero-order valence-electron chi connectivity index (χ0n) is 12.8. The Labute approximate surface area is 131 Å². The smallest absolute Gasteiger partial charge is 0.0440 e. The molecule has 2 heterocycles. The summed E-state index contributed by atoms with van der Waals surface area (Å²) in [6, 6.07) is 8.23. The molecule has 3 heteroatoms. The summed E-state index contributed by atoms with van der Waals surface area (Å²) in [6.07, 6.45) is 2.75. The molecule has 0 saturated carbocycles. The monoisotopic (exact) mass is 336 g/mol. The molecule has 0 amide bonds. The molecule has 2 unspecified atom stereocenters. The Morgan fingerprint density at radius 1 is 1.25 bits per heavy atom. The molecule has 2 nitrogen and oxygen atoms in total. The van der Waals surface area contributed by atoms with Crippen molar-refractivity contribution >= 4 is 21.6 Å². The van der Waals surface area contributed by atoms with Gasteiger partial charge in [-0.15, -0.1) is 0 Å². The van der Waals surface area contributed by atoms with Crippen molar-refractivity contribution in [2.45, 2.75) is 45.7 Å². The summed E-state index contributed by atoms with van der Waals surface area (Å²) in [4.78, 5) is 5.38. The number of aryl methyl sites for hydroxylation is 1. The number of rotatable bonds is 2. The van der Waals surface area contributed by atoms with Crippen LogP contribution in [0.5, 0.6) is 0 Å². The maximum Gasteiger partial charge on any atom is 0.0440 e. The van der Waals surface area contributed by atoms with Gasteiger partial charge >= 0.3 is 0 Å². The first-order valence-corrected chi connectivity index (χ1v) is 8.62. The molecule has 0 bridgehead atoms.